The summed E-state index contributed by atoms with van der Waals surface area (Å²) in [5.41, 5.74) is -0.551. The summed E-state index contributed by atoms with van der Waals surface area (Å²) in [4.78, 5) is 37.2. The van der Waals surface area contributed by atoms with Gasteiger partial charge in [-0.15, -0.1) is 0 Å². The van der Waals surface area contributed by atoms with E-state index in [1.807, 2.05) is 20.8 Å². The number of carbonyl (C=O) groups excluding carboxylic acids is 3. The Bertz CT molecular complexity index is 416. The molecule has 0 aromatic heterocycles. The largest absolute Gasteiger partial charge is 0.458 e. The van der Waals surface area contributed by atoms with Crippen molar-refractivity contribution in [2.24, 2.45) is 5.92 Å². The van der Waals surface area contributed by atoms with Crippen molar-refractivity contribution in [1.29, 1.82) is 0 Å². The average Bonchev–Trinajstić information content (AvgIpc) is 2.81. The molecule has 5 nitrogen and oxygen atoms in total. The molecule has 1 fully saturated rings. The molecule has 6 heteroatoms. The topological polar surface area (TPSA) is 63.7 Å². The van der Waals surface area contributed by atoms with Gasteiger partial charge in [-0.1, -0.05) is 18.7 Å². The van der Waals surface area contributed by atoms with E-state index in [0.29, 0.717) is 18.7 Å². The van der Waals surface area contributed by atoms with E-state index in [1.54, 1.807) is 11.8 Å². The summed E-state index contributed by atoms with van der Waals surface area (Å²) in [5, 5.41) is -0.000218. The first-order chi connectivity index (χ1) is 9.61. The van der Waals surface area contributed by atoms with Gasteiger partial charge in [0.1, 0.15) is 11.6 Å². The van der Waals surface area contributed by atoms with Gasteiger partial charge in [-0.3, -0.25) is 9.59 Å². The first-order valence-corrected chi connectivity index (χ1v) is 8.27. The number of nitrogens with zero attached hydrogens (tertiary/aromatic N) is 1. The van der Waals surface area contributed by atoms with E-state index < -0.39 is 11.6 Å². The molecule has 2 atom stereocenters. The quantitative estimate of drug-likeness (QED) is 0.744. The fourth-order valence-electron chi connectivity index (χ4n) is 2.24. The Morgan fingerprint density at radius 1 is 1.33 bits per heavy atom. The minimum atomic E-state index is -0.551. The normalized spacial score (nSPS) is 20.2. The number of esters is 1. The smallest absolute Gasteiger partial charge is 0.329 e. The molecule has 0 aromatic rings. The van der Waals surface area contributed by atoms with Crippen LogP contribution in [0.2, 0.25) is 0 Å². The molecular weight excluding hydrogens is 290 g/mol. The molecule has 0 aliphatic carbocycles. The van der Waals surface area contributed by atoms with E-state index >= 15 is 0 Å². The maximum atomic E-state index is 12.4. The van der Waals surface area contributed by atoms with Crippen molar-refractivity contribution in [3.63, 3.8) is 0 Å². The molecule has 0 N–H and O–H groups in total. The summed E-state index contributed by atoms with van der Waals surface area (Å²) in [6.07, 6.45) is 1.45. The molecule has 0 unspecified atom stereocenters. The van der Waals surface area contributed by atoms with Crippen LogP contribution < -0.4 is 0 Å². The van der Waals surface area contributed by atoms with Crippen LogP contribution in [-0.4, -0.2) is 45.8 Å². The standard InChI is InChI=1S/C15H25NO4S/c1-10(9-21-11(2)17)13(18)16-8-6-7-12(16)14(19)20-15(3,4)5/h10,12H,6-9H2,1-5H3/t10-,12-/m1/s1. The van der Waals surface area contributed by atoms with E-state index in [0.717, 1.165) is 18.2 Å². The Labute approximate surface area is 130 Å². The SMILES string of the molecule is CC(=O)SC[C@@H](C)C(=O)N1CCC[C@@H]1C(=O)OC(C)(C)C. The number of ether oxygens (including phenoxy) is 1. The van der Waals surface area contributed by atoms with Crippen LogP contribution in [0.25, 0.3) is 0 Å². The fraction of sp³-hybridized carbons (Fsp3) is 0.800. The second-order valence-electron chi connectivity index (χ2n) is 6.43. The molecule has 1 rings (SSSR count). The van der Waals surface area contributed by atoms with Gasteiger partial charge in [0.25, 0.3) is 0 Å². The van der Waals surface area contributed by atoms with Crippen molar-refractivity contribution < 1.29 is 19.1 Å². The zero-order chi connectivity index (χ0) is 16.2. The molecule has 0 aromatic carbocycles. The van der Waals surface area contributed by atoms with Crippen LogP contribution in [0.15, 0.2) is 0 Å². The third kappa shape index (κ3) is 5.69. The third-order valence-corrected chi connectivity index (χ3v) is 4.25. The summed E-state index contributed by atoms with van der Waals surface area (Å²) >= 11 is 1.14. The van der Waals surface area contributed by atoms with Gasteiger partial charge in [0.05, 0.1) is 0 Å². The van der Waals surface area contributed by atoms with Gasteiger partial charge in [0.2, 0.25) is 5.91 Å². The monoisotopic (exact) mass is 315 g/mol. The fourth-order valence-corrected chi connectivity index (χ4v) is 2.87. The van der Waals surface area contributed by atoms with Crippen LogP contribution in [0.1, 0.15) is 47.5 Å². The highest BCUT2D eigenvalue weighted by atomic mass is 32.2. The molecule has 0 saturated carbocycles. The maximum absolute atomic E-state index is 12.4. The molecule has 0 bridgehead atoms. The first kappa shape index (κ1) is 18.0. The summed E-state index contributed by atoms with van der Waals surface area (Å²) in [6, 6.07) is -0.485. The van der Waals surface area contributed by atoms with Crippen LogP contribution >= 0.6 is 11.8 Å². The van der Waals surface area contributed by atoms with Gasteiger partial charge in [0, 0.05) is 25.1 Å². The second kappa shape index (κ2) is 7.29. The molecule has 21 heavy (non-hydrogen) atoms. The summed E-state index contributed by atoms with van der Waals surface area (Å²) in [7, 11) is 0. The van der Waals surface area contributed by atoms with E-state index in [-0.39, 0.29) is 22.9 Å². The molecule has 0 spiro atoms. The van der Waals surface area contributed by atoms with Crippen molar-refractivity contribution in [2.75, 3.05) is 12.3 Å². The Hall–Kier alpha value is -1.04. The zero-order valence-electron chi connectivity index (χ0n) is 13.5. The van der Waals surface area contributed by atoms with Crippen LogP contribution in [0.4, 0.5) is 0 Å². The van der Waals surface area contributed by atoms with Crippen LogP contribution in [0.5, 0.6) is 0 Å². The van der Waals surface area contributed by atoms with Crippen LogP contribution in [0.3, 0.4) is 0 Å². The van der Waals surface area contributed by atoms with E-state index in [1.165, 1.54) is 6.92 Å². The van der Waals surface area contributed by atoms with Gasteiger partial charge in [0.15, 0.2) is 5.12 Å². The molecule has 1 heterocycles. The maximum Gasteiger partial charge on any atom is 0.329 e. The highest BCUT2D eigenvalue weighted by molar-refractivity contribution is 8.13. The lowest BCUT2D eigenvalue weighted by atomic mass is 10.1. The highest BCUT2D eigenvalue weighted by Crippen LogP contribution is 2.24. The van der Waals surface area contributed by atoms with Crippen molar-refractivity contribution in [3.8, 4) is 0 Å². The van der Waals surface area contributed by atoms with Gasteiger partial charge in [-0.2, -0.15) is 0 Å². The molecule has 0 radical (unpaired) electrons. The summed E-state index contributed by atoms with van der Waals surface area (Å²) in [6.45, 7) is 9.32. The number of likely N-dealkylation sites (tertiary alicyclic amines) is 1. The van der Waals surface area contributed by atoms with Crippen molar-refractivity contribution >= 4 is 28.8 Å². The van der Waals surface area contributed by atoms with E-state index in [2.05, 4.69) is 0 Å². The van der Waals surface area contributed by atoms with Gasteiger partial charge in [-0.25, -0.2) is 4.79 Å². The lowest BCUT2D eigenvalue weighted by molar-refractivity contribution is -0.163. The Kier molecular flexibility index (Phi) is 6.25. The highest BCUT2D eigenvalue weighted by Gasteiger charge is 2.38. The number of hydrogen-bond donors (Lipinski definition) is 0. The lowest BCUT2D eigenvalue weighted by Crippen LogP contribution is -2.45. The Morgan fingerprint density at radius 3 is 2.48 bits per heavy atom. The number of carbonyl (C=O) groups is 3. The number of hydrogen-bond acceptors (Lipinski definition) is 5. The lowest BCUT2D eigenvalue weighted by Gasteiger charge is -2.29. The van der Waals surface area contributed by atoms with Crippen molar-refractivity contribution in [2.45, 2.75) is 59.1 Å². The van der Waals surface area contributed by atoms with Crippen LogP contribution in [0, 0.1) is 5.92 Å². The number of rotatable bonds is 4. The summed E-state index contributed by atoms with van der Waals surface area (Å²) in [5.74, 6) is -0.232. The minimum Gasteiger partial charge on any atom is -0.458 e. The van der Waals surface area contributed by atoms with Crippen molar-refractivity contribution in [3.05, 3.63) is 0 Å². The average molecular weight is 315 g/mol. The first-order valence-electron chi connectivity index (χ1n) is 7.28. The van der Waals surface area contributed by atoms with E-state index in [4.69, 9.17) is 4.74 Å². The zero-order valence-corrected chi connectivity index (χ0v) is 14.3. The molecule has 1 aliphatic rings. The number of amides is 1. The van der Waals surface area contributed by atoms with Gasteiger partial charge >= 0.3 is 5.97 Å². The predicted molar refractivity (Wildman–Crippen MR) is 82.9 cm³/mol. The van der Waals surface area contributed by atoms with Gasteiger partial charge in [-0.05, 0) is 33.6 Å². The Balaban J connectivity index is 2.65. The minimum absolute atomic E-state index is 0.000218. The number of thioether (sulfide) groups is 1. The van der Waals surface area contributed by atoms with E-state index in [9.17, 15) is 14.4 Å². The second-order valence-corrected chi connectivity index (χ2v) is 7.62. The van der Waals surface area contributed by atoms with Crippen LogP contribution in [-0.2, 0) is 19.1 Å². The summed E-state index contributed by atoms with van der Waals surface area (Å²) < 4.78 is 5.39. The van der Waals surface area contributed by atoms with Crippen molar-refractivity contribution in [1.82, 2.24) is 4.90 Å². The third-order valence-electron chi connectivity index (χ3n) is 3.17. The van der Waals surface area contributed by atoms with Gasteiger partial charge < -0.3 is 9.64 Å². The molecular formula is C15H25NO4S. The molecule has 1 aliphatic heterocycles. The predicted octanol–water partition coefficient (Wildman–Crippen LogP) is 2.23. The molecule has 120 valence electrons. The molecule has 1 saturated heterocycles. The molecule has 1 amide bonds. The Morgan fingerprint density at radius 2 is 1.95 bits per heavy atom.